The van der Waals surface area contributed by atoms with Crippen molar-refractivity contribution in [3.8, 4) is 0 Å². The van der Waals surface area contributed by atoms with Crippen LogP contribution in [0.25, 0.3) is 0 Å². The minimum Gasteiger partial charge on any atom is -0.316 e. The van der Waals surface area contributed by atoms with Crippen LogP contribution >= 0.6 is 0 Å². The summed E-state index contributed by atoms with van der Waals surface area (Å²) in [5.74, 6) is 1.10. The molecule has 2 heteroatoms. The average molecular weight is 224 g/mol. The van der Waals surface area contributed by atoms with E-state index in [2.05, 4.69) is 17.6 Å². The Hall–Kier alpha value is -0.0800. The molecule has 0 radical (unpaired) electrons. The highest BCUT2D eigenvalue weighted by Crippen LogP contribution is 2.33. The van der Waals surface area contributed by atoms with Crippen LogP contribution in [-0.2, 0) is 0 Å². The highest BCUT2D eigenvalue weighted by Gasteiger charge is 2.32. The Morgan fingerprint density at radius 2 is 2.25 bits per heavy atom. The van der Waals surface area contributed by atoms with Crippen LogP contribution in [0.15, 0.2) is 0 Å². The van der Waals surface area contributed by atoms with Crippen LogP contribution in [0, 0.1) is 11.3 Å². The van der Waals surface area contributed by atoms with E-state index >= 15 is 0 Å². The van der Waals surface area contributed by atoms with E-state index in [-0.39, 0.29) is 0 Å². The molecule has 2 fully saturated rings. The van der Waals surface area contributed by atoms with Gasteiger partial charge in [-0.1, -0.05) is 26.2 Å². The van der Waals surface area contributed by atoms with Crippen molar-refractivity contribution in [2.45, 2.75) is 51.9 Å². The lowest BCUT2D eigenvalue weighted by atomic mass is 9.82. The predicted molar refractivity (Wildman–Crippen MR) is 69.7 cm³/mol. The lowest BCUT2D eigenvalue weighted by Gasteiger charge is -2.28. The summed E-state index contributed by atoms with van der Waals surface area (Å²) >= 11 is 0. The standard InChI is InChI=1S/C14H28N2/c1-2-7-14(8-10-16-12-14)11-15-9-3-4-13-5-6-13/h13,15-16H,2-12H2,1H3. The predicted octanol–water partition coefficient (Wildman–Crippen LogP) is 2.55. The van der Waals surface area contributed by atoms with Gasteiger partial charge in [-0.15, -0.1) is 0 Å². The molecule has 0 aromatic carbocycles. The maximum Gasteiger partial charge on any atom is 0.00205 e. The Bertz CT molecular complexity index is 193. The summed E-state index contributed by atoms with van der Waals surface area (Å²) in [6, 6.07) is 0. The minimum atomic E-state index is 0.578. The number of hydrogen-bond acceptors (Lipinski definition) is 2. The summed E-state index contributed by atoms with van der Waals surface area (Å²) in [6.07, 6.45) is 9.94. The van der Waals surface area contributed by atoms with E-state index in [1.807, 2.05) is 0 Å². The SMILES string of the molecule is CCCC1(CNCCCC2CC2)CCNC1. The van der Waals surface area contributed by atoms with E-state index in [1.54, 1.807) is 0 Å². The van der Waals surface area contributed by atoms with Gasteiger partial charge in [0.2, 0.25) is 0 Å². The van der Waals surface area contributed by atoms with Crippen molar-refractivity contribution < 1.29 is 0 Å². The molecule has 0 amide bonds. The molecule has 94 valence electrons. The molecule has 0 aromatic rings. The van der Waals surface area contributed by atoms with Crippen molar-refractivity contribution in [1.82, 2.24) is 10.6 Å². The Kier molecular flexibility index (Phi) is 4.66. The number of hydrogen-bond donors (Lipinski definition) is 2. The summed E-state index contributed by atoms with van der Waals surface area (Å²) in [6.45, 7) is 7.24. The first-order valence-corrected chi connectivity index (χ1v) is 7.26. The third kappa shape index (κ3) is 3.74. The summed E-state index contributed by atoms with van der Waals surface area (Å²) in [5, 5.41) is 7.22. The van der Waals surface area contributed by atoms with Gasteiger partial charge >= 0.3 is 0 Å². The third-order valence-electron chi connectivity index (χ3n) is 4.28. The Labute approximate surface area is 101 Å². The molecular formula is C14H28N2. The smallest absolute Gasteiger partial charge is 0.00205 e. The Morgan fingerprint density at radius 3 is 2.88 bits per heavy atom. The molecule has 2 aliphatic rings. The van der Waals surface area contributed by atoms with Gasteiger partial charge in [-0.2, -0.15) is 0 Å². The maximum absolute atomic E-state index is 3.70. The van der Waals surface area contributed by atoms with Crippen LogP contribution in [0.1, 0.15) is 51.9 Å². The zero-order chi connectivity index (χ0) is 11.3. The molecular weight excluding hydrogens is 196 g/mol. The molecule has 16 heavy (non-hydrogen) atoms. The summed E-state index contributed by atoms with van der Waals surface area (Å²) < 4.78 is 0. The molecule has 1 saturated heterocycles. The quantitative estimate of drug-likeness (QED) is 0.619. The van der Waals surface area contributed by atoms with E-state index in [4.69, 9.17) is 0 Å². The molecule has 2 N–H and O–H groups in total. The lowest BCUT2D eigenvalue weighted by molar-refractivity contribution is 0.276. The summed E-state index contributed by atoms with van der Waals surface area (Å²) in [4.78, 5) is 0. The molecule has 0 aromatic heterocycles. The van der Waals surface area contributed by atoms with E-state index in [9.17, 15) is 0 Å². The van der Waals surface area contributed by atoms with E-state index in [1.165, 1.54) is 71.1 Å². The van der Waals surface area contributed by atoms with E-state index in [0.29, 0.717) is 5.41 Å². The fourth-order valence-electron chi connectivity index (χ4n) is 3.05. The third-order valence-corrected chi connectivity index (χ3v) is 4.28. The highest BCUT2D eigenvalue weighted by atomic mass is 15.0. The number of rotatable bonds is 8. The second-order valence-corrected chi connectivity index (χ2v) is 5.94. The van der Waals surface area contributed by atoms with Crippen molar-refractivity contribution in [2.24, 2.45) is 11.3 Å². The topological polar surface area (TPSA) is 24.1 Å². The van der Waals surface area contributed by atoms with Crippen LogP contribution in [0.3, 0.4) is 0 Å². The Morgan fingerprint density at radius 1 is 1.38 bits per heavy atom. The molecule has 1 aliphatic carbocycles. The molecule has 2 nitrogen and oxygen atoms in total. The van der Waals surface area contributed by atoms with Gasteiger partial charge in [0.25, 0.3) is 0 Å². The van der Waals surface area contributed by atoms with Crippen molar-refractivity contribution in [3.05, 3.63) is 0 Å². The molecule has 1 atom stereocenters. The van der Waals surface area contributed by atoms with Crippen molar-refractivity contribution >= 4 is 0 Å². The Balaban J connectivity index is 1.57. The van der Waals surface area contributed by atoms with Crippen LogP contribution < -0.4 is 10.6 Å². The largest absolute Gasteiger partial charge is 0.316 e. The van der Waals surface area contributed by atoms with Crippen molar-refractivity contribution in [2.75, 3.05) is 26.2 Å². The van der Waals surface area contributed by atoms with Gasteiger partial charge in [0.15, 0.2) is 0 Å². The monoisotopic (exact) mass is 224 g/mol. The van der Waals surface area contributed by atoms with Crippen LogP contribution in [0.5, 0.6) is 0 Å². The number of nitrogens with one attached hydrogen (secondary N) is 2. The van der Waals surface area contributed by atoms with Gasteiger partial charge in [-0.25, -0.2) is 0 Å². The minimum absolute atomic E-state index is 0.578. The molecule has 2 rings (SSSR count). The second-order valence-electron chi connectivity index (χ2n) is 5.94. The molecule has 1 heterocycles. The molecule has 0 spiro atoms. The summed E-state index contributed by atoms with van der Waals surface area (Å²) in [5.41, 5.74) is 0.578. The van der Waals surface area contributed by atoms with Gasteiger partial charge in [-0.3, -0.25) is 0 Å². The molecule has 1 saturated carbocycles. The van der Waals surface area contributed by atoms with Crippen LogP contribution in [-0.4, -0.2) is 26.2 Å². The first kappa shape index (κ1) is 12.4. The molecule has 1 unspecified atom stereocenters. The normalized spacial score (nSPS) is 29.8. The van der Waals surface area contributed by atoms with Crippen LogP contribution in [0.4, 0.5) is 0 Å². The van der Waals surface area contributed by atoms with Gasteiger partial charge in [0.05, 0.1) is 0 Å². The fourth-order valence-corrected chi connectivity index (χ4v) is 3.05. The van der Waals surface area contributed by atoms with Crippen molar-refractivity contribution in [1.29, 1.82) is 0 Å². The lowest BCUT2D eigenvalue weighted by Crippen LogP contribution is -2.36. The summed E-state index contributed by atoms with van der Waals surface area (Å²) in [7, 11) is 0. The van der Waals surface area contributed by atoms with Gasteiger partial charge in [0.1, 0.15) is 0 Å². The maximum atomic E-state index is 3.70. The fraction of sp³-hybridized carbons (Fsp3) is 1.00. The van der Waals surface area contributed by atoms with Gasteiger partial charge < -0.3 is 10.6 Å². The van der Waals surface area contributed by atoms with Gasteiger partial charge in [-0.05, 0) is 50.1 Å². The van der Waals surface area contributed by atoms with E-state index < -0.39 is 0 Å². The average Bonchev–Trinajstić information content (AvgIpc) is 2.99. The second kappa shape index (κ2) is 6.02. The first-order chi connectivity index (χ1) is 7.85. The van der Waals surface area contributed by atoms with Gasteiger partial charge in [0, 0.05) is 13.1 Å². The van der Waals surface area contributed by atoms with E-state index in [0.717, 1.165) is 5.92 Å². The molecule has 0 bridgehead atoms. The first-order valence-electron chi connectivity index (χ1n) is 7.26. The zero-order valence-corrected chi connectivity index (χ0v) is 10.9. The molecule has 1 aliphatic heterocycles. The highest BCUT2D eigenvalue weighted by molar-refractivity contribution is 4.89. The van der Waals surface area contributed by atoms with Crippen LogP contribution in [0.2, 0.25) is 0 Å². The zero-order valence-electron chi connectivity index (χ0n) is 10.9. The van der Waals surface area contributed by atoms with Crippen molar-refractivity contribution in [3.63, 3.8) is 0 Å².